The van der Waals surface area contributed by atoms with Gasteiger partial charge in [-0.05, 0) is 48.9 Å². The number of hydrogen-bond acceptors (Lipinski definition) is 7. The molecule has 0 saturated carbocycles. The van der Waals surface area contributed by atoms with Gasteiger partial charge in [-0.25, -0.2) is 14.4 Å². The van der Waals surface area contributed by atoms with Crippen molar-refractivity contribution in [1.29, 1.82) is 0 Å². The smallest absolute Gasteiger partial charge is 0.416 e. The number of hydrogen-bond donors (Lipinski definition) is 2. The molecule has 5 aromatic rings. The van der Waals surface area contributed by atoms with E-state index in [1.54, 1.807) is 31.2 Å². The fourth-order valence-corrected chi connectivity index (χ4v) is 4.82. The first kappa shape index (κ1) is 27.0. The van der Waals surface area contributed by atoms with Gasteiger partial charge in [0.05, 0.1) is 22.0 Å². The lowest BCUT2D eigenvalue weighted by molar-refractivity contribution is -0.137. The maximum atomic E-state index is 13.8. The molecule has 0 aliphatic carbocycles. The second-order valence-electron chi connectivity index (χ2n) is 8.82. The first-order valence-electron chi connectivity index (χ1n) is 12.0. The van der Waals surface area contributed by atoms with Gasteiger partial charge < -0.3 is 15.4 Å². The molecule has 40 heavy (non-hydrogen) atoms. The molecule has 12 heteroatoms. The van der Waals surface area contributed by atoms with E-state index in [1.165, 1.54) is 48.6 Å². The first-order chi connectivity index (χ1) is 19.0. The standard InChI is InChI=1S/C28H21F4N5O2S/c1-15(18-5-3-6-20(29)13-18)33-26-35-21(17-9-11-19(12-10-17)28(30,31)32)14-24(36-26)39-22-7-4-8-23-25(22)37-27(40-23)34-16(2)38/h3-15H,1-2H3,(H,33,35,36)(H,34,37,38)/t15-/m1/s1. The summed E-state index contributed by atoms with van der Waals surface area (Å²) >= 11 is 1.27. The van der Waals surface area contributed by atoms with Crippen molar-refractivity contribution in [2.75, 3.05) is 10.6 Å². The van der Waals surface area contributed by atoms with Crippen molar-refractivity contribution in [1.82, 2.24) is 15.0 Å². The quantitative estimate of drug-likeness (QED) is 0.195. The maximum absolute atomic E-state index is 13.8. The number of rotatable bonds is 7. The zero-order valence-corrected chi connectivity index (χ0v) is 21.9. The van der Waals surface area contributed by atoms with Gasteiger partial charge in [0, 0.05) is 18.6 Å². The zero-order chi connectivity index (χ0) is 28.4. The third kappa shape index (κ3) is 6.18. The molecule has 0 bridgehead atoms. The number of carbonyl (C=O) groups is 1. The lowest BCUT2D eigenvalue weighted by Crippen LogP contribution is -2.10. The second kappa shape index (κ2) is 10.9. The molecule has 0 fully saturated rings. The SMILES string of the molecule is CC(=O)Nc1nc2c(Oc3cc(-c4ccc(C(F)(F)F)cc4)nc(N[C@H](C)c4cccc(F)c4)n3)cccc2s1. The van der Waals surface area contributed by atoms with Crippen molar-refractivity contribution >= 4 is 38.5 Å². The molecule has 0 unspecified atom stereocenters. The van der Waals surface area contributed by atoms with Crippen LogP contribution in [0.15, 0.2) is 72.8 Å². The fraction of sp³-hybridized carbons (Fsp3) is 0.143. The van der Waals surface area contributed by atoms with Crippen LogP contribution in [0.3, 0.4) is 0 Å². The number of thiazole rings is 1. The van der Waals surface area contributed by atoms with Crippen molar-refractivity contribution in [2.45, 2.75) is 26.1 Å². The number of alkyl halides is 3. The normalized spacial score (nSPS) is 12.2. The van der Waals surface area contributed by atoms with E-state index in [2.05, 4.69) is 25.6 Å². The predicted octanol–water partition coefficient (Wildman–Crippen LogP) is 7.84. The van der Waals surface area contributed by atoms with Crippen LogP contribution in [0.1, 0.15) is 31.0 Å². The number of para-hydroxylation sites is 1. The van der Waals surface area contributed by atoms with E-state index in [9.17, 15) is 22.4 Å². The minimum Gasteiger partial charge on any atom is -0.437 e. The lowest BCUT2D eigenvalue weighted by Gasteiger charge is -2.16. The highest BCUT2D eigenvalue weighted by Gasteiger charge is 2.30. The van der Waals surface area contributed by atoms with Crippen LogP contribution in [0.5, 0.6) is 11.6 Å². The summed E-state index contributed by atoms with van der Waals surface area (Å²) in [6, 6.07) is 17.0. The number of nitrogens with zero attached hydrogens (tertiary/aromatic N) is 3. The third-order valence-electron chi connectivity index (χ3n) is 5.78. The van der Waals surface area contributed by atoms with E-state index in [0.717, 1.165) is 16.8 Å². The Balaban J connectivity index is 1.53. The van der Waals surface area contributed by atoms with Gasteiger partial charge in [0.25, 0.3) is 0 Å². The molecular weight excluding hydrogens is 546 g/mol. The van der Waals surface area contributed by atoms with Gasteiger partial charge in [-0.15, -0.1) is 0 Å². The largest absolute Gasteiger partial charge is 0.437 e. The first-order valence-corrected chi connectivity index (χ1v) is 12.8. The summed E-state index contributed by atoms with van der Waals surface area (Å²) in [4.78, 5) is 24.9. The molecule has 7 nitrogen and oxygen atoms in total. The highest BCUT2D eigenvalue weighted by molar-refractivity contribution is 7.22. The average molecular weight is 568 g/mol. The molecule has 0 aliphatic heterocycles. The summed E-state index contributed by atoms with van der Waals surface area (Å²) in [7, 11) is 0. The molecule has 2 aromatic heterocycles. The van der Waals surface area contributed by atoms with Gasteiger partial charge >= 0.3 is 6.18 Å². The van der Waals surface area contributed by atoms with Gasteiger partial charge in [-0.1, -0.05) is 41.7 Å². The van der Waals surface area contributed by atoms with E-state index in [-0.39, 0.29) is 17.7 Å². The van der Waals surface area contributed by atoms with Crippen molar-refractivity contribution in [3.63, 3.8) is 0 Å². The van der Waals surface area contributed by atoms with Crippen LogP contribution in [-0.4, -0.2) is 20.9 Å². The van der Waals surface area contributed by atoms with Crippen LogP contribution in [0.4, 0.5) is 28.6 Å². The molecular formula is C28H21F4N5O2S. The van der Waals surface area contributed by atoms with E-state index < -0.39 is 23.6 Å². The van der Waals surface area contributed by atoms with Crippen LogP contribution in [0.2, 0.25) is 0 Å². The Bertz CT molecular complexity index is 1690. The Morgan fingerprint density at radius 1 is 0.975 bits per heavy atom. The topological polar surface area (TPSA) is 89.0 Å². The average Bonchev–Trinajstić information content (AvgIpc) is 3.31. The number of benzene rings is 3. The molecule has 0 aliphatic rings. The summed E-state index contributed by atoms with van der Waals surface area (Å²) in [6.07, 6.45) is -4.48. The summed E-state index contributed by atoms with van der Waals surface area (Å²) < 4.78 is 60.0. The van der Waals surface area contributed by atoms with Gasteiger partial charge in [0.2, 0.25) is 17.7 Å². The Morgan fingerprint density at radius 3 is 2.42 bits per heavy atom. The van der Waals surface area contributed by atoms with Crippen molar-refractivity contribution in [3.8, 4) is 22.9 Å². The monoisotopic (exact) mass is 567 g/mol. The number of carbonyl (C=O) groups excluding carboxylic acids is 1. The Labute approximate surface area is 229 Å². The molecule has 204 valence electrons. The molecule has 1 amide bonds. The number of amides is 1. The molecule has 0 spiro atoms. The summed E-state index contributed by atoms with van der Waals surface area (Å²) in [5, 5.41) is 6.16. The van der Waals surface area contributed by atoms with Gasteiger partial charge in [-0.3, -0.25) is 4.79 Å². The molecule has 0 radical (unpaired) electrons. The van der Waals surface area contributed by atoms with E-state index in [1.807, 2.05) is 6.07 Å². The van der Waals surface area contributed by atoms with Crippen molar-refractivity contribution in [2.24, 2.45) is 0 Å². The Morgan fingerprint density at radius 2 is 1.73 bits per heavy atom. The van der Waals surface area contributed by atoms with Gasteiger partial charge in [-0.2, -0.15) is 18.2 Å². The molecule has 2 N–H and O–H groups in total. The minimum atomic E-state index is -4.48. The van der Waals surface area contributed by atoms with Crippen LogP contribution in [0, 0.1) is 5.82 Å². The molecule has 2 heterocycles. The van der Waals surface area contributed by atoms with Gasteiger partial charge in [0.1, 0.15) is 11.3 Å². The number of anilines is 2. The van der Waals surface area contributed by atoms with Crippen LogP contribution >= 0.6 is 11.3 Å². The fourth-order valence-electron chi connectivity index (χ4n) is 3.89. The maximum Gasteiger partial charge on any atom is 0.416 e. The number of aromatic nitrogens is 3. The summed E-state index contributed by atoms with van der Waals surface area (Å²) in [6.45, 7) is 3.18. The number of halogens is 4. The molecule has 0 saturated heterocycles. The molecule has 5 rings (SSSR count). The predicted molar refractivity (Wildman–Crippen MR) is 145 cm³/mol. The highest BCUT2D eigenvalue weighted by atomic mass is 32.1. The summed E-state index contributed by atoms with van der Waals surface area (Å²) in [5.41, 5.74) is 1.06. The molecule has 1 atom stereocenters. The summed E-state index contributed by atoms with van der Waals surface area (Å²) in [5.74, 6) is -0.0910. The van der Waals surface area contributed by atoms with Crippen LogP contribution in [0.25, 0.3) is 21.5 Å². The Kier molecular flexibility index (Phi) is 7.35. The minimum absolute atomic E-state index is 0.0976. The highest BCUT2D eigenvalue weighted by Crippen LogP contribution is 2.36. The van der Waals surface area contributed by atoms with E-state index in [0.29, 0.717) is 33.2 Å². The van der Waals surface area contributed by atoms with Gasteiger partial charge in [0.15, 0.2) is 10.9 Å². The Hall–Kier alpha value is -4.58. The lowest BCUT2D eigenvalue weighted by atomic mass is 10.1. The number of nitrogens with one attached hydrogen (secondary N) is 2. The van der Waals surface area contributed by atoms with Crippen molar-refractivity contribution < 1.29 is 27.1 Å². The molecule has 3 aromatic carbocycles. The third-order valence-corrected chi connectivity index (χ3v) is 6.72. The number of fused-ring (bicyclic) bond motifs is 1. The second-order valence-corrected chi connectivity index (χ2v) is 9.85. The van der Waals surface area contributed by atoms with Crippen LogP contribution < -0.4 is 15.4 Å². The van der Waals surface area contributed by atoms with E-state index in [4.69, 9.17) is 4.74 Å². The van der Waals surface area contributed by atoms with E-state index >= 15 is 0 Å². The zero-order valence-electron chi connectivity index (χ0n) is 21.1. The van der Waals surface area contributed by atoms with Crippen LogP contribution in [-0.2, 0) is 11.0 Å². The number of ether oxygens (including phenoxy) is 1. The van der Waals surface area contributed by atoms with Crippen molar-refractivity contribution in [3.05, 3.63) is 89.7 Å².